The molecule has 1 saturated heterocycles. The Bertz CT molecular complexity index is 444. The van der Waals surface area contributed by atoms with Crippen LogP contribution in [0.2, 0.25) is 0 Å². The largest absolute Gasteiger partial charge is 1.00 e. The zero-order chi connectivity index (χ0) is 15.8. The van der Waals surface area contributed by atoms with Gasteiger partial charge in [-0.05, 0) is 12.5 Å². The summed E-state index contributed by atoms with van der Waals surface area (Å²) < 4.78 is 10.9. The highest BCUT2D eigenvalue weighted by atomic mass is 35.5. The molecule has 0 aliphatic carbocycles. The number of aliphatic hydroxyl groups excluding tert-OH is 1. The molecular formula is C17H30Cl2N2O3. The highest BCUT2D eigenvalue weighted by Gasteiger charge is 2.27. The molecule has 1 aromatic rings. The Balaban J connectivity index is 0.00000264. The smallest absolute Gasteiger partial charge is 0.179 e. The number of nitrogens with one attached hydrogen (secondary N) is 2. The molecule has 24 heavy (non-hydrogen) atoms. The fourth-order valence-electron chi connectivity index (χ4n) is 3.07. The van der Waals surface area contributed by atoms with Gasteiger partial charge in [0.05, 0.1) is 13.7 Å². The summed E-state index contributed by atoms with van der Waals surface area (Å²) >= 11 is 0. The molecule has 7 heteroatoms. The van der Waals surface area contributed by atoms with Crippen LogP contribution in [0.4, 0.5) is 5.69 Å². The van der Waals surface area contributed by atoms with E-state index in [1.165, 1.54) is 15.5 Å². The van der Waals surface area contributed by atoms with E-state index in [0.717, 1.165) is 51.5 Å². The molecule has 1 aliphatic rings. The minimum atomic E-state index is -0.352. The SMILES string of the molecule is CCCOCC(O)C[NH+]1CC[NH+](c2ccccc2OC)CC1.[Cl-].[Cl-]. The Labute approximate surface area is 157 Å². The Morgan fingerprint density at radius 3 is 2.42 bits per heavy atom. The predicted molar refractivity (Wildman–Crippen MR) is 86.0 cm³/mol. The molecule has 5 nitrogen and oxygen atoms in total. The lowest BCUT2D eigenvalue weighted by Gasteiger charge is -2.31. The number of hydrogen-bond acceptors (Lipinski definition) is 3. The molecule has 3 N–H and O–H groups in total. The van der Waals surface area contributed by atoms with Gasteiger partial charge >= 0.3 is 0 Å². The minimum absolute atomic E-state index is 0. The van der Waals surface area contributed by atoms with Crippen molar-refractivity contribution in [1.29, 1.82) is 0 Å². The zero-order valence-electron chi connectivity index (χ0n) is 14.6. The van der Waals surface area contributed by atoms with Crippen LogP contribution < -0.4 is 39.4 Å². The summed E-state index contributed by atoms with van der Waals surface area (Å²) in [5.74, 6) is 0.967. The van der Waals surface area contributed by atoms with Crippen molar-refractivity contribution in [3.05, 3.63) is 24.3 Å². The normalized spacial score (nSPS) is 21.3. The third kappa shape index (κ3) is 7.13. The van der Waals surface area contributed by atoms with Gasteiger partial charge in [0.15, 0.2) is 11.4 Å². The second-order valence-corrected chi connectivity index (χ2v) is 5.99. The fourth-order valence-corrected chi connectivity index (χ4v) is 3.07. The number of aliphatic hydroxyl groups is 1. The number of rotatable bonds is 8. The molecule has 0 radical (unpaired) electrons. The van der Waals surface area contributed by atoms with E-state index in [9.17, 15) is 5.11 Å². The van der Waals surface area contributed by atoms with Crippen LogP contribution in [0.3, 0.4) is 0 Å². The number of halogens is 2. The van der Waals surface area contributed by atoms with Gasteiger partial charge in [0.25, 0.3) is 0 Å². The van der Waals surface area contributed by atoms with Crippen molar-refractivity contribution in [3.8, 4) is 5.75 Å². The van der Waals surface area contributed by atoms with E-state index in [-0.39, 0.29) is 30.9 Å². The van der Waals surface area contributed by atoms with E-state index in [1.54, 1.807) is 7.11 Å². The lowest BCUT2D eigenvalue weighted by atomic mass is 10.2. The van der Waals surface area contributed by atoms with E-state index in [0.29, 0.717) is 6.61 Å². The van der Waals surface area contributed by atoms with Crippen LogP contribution in [0.1, 0.15) is 13.3 Å². The lowest BCUT2D eigenvalue weighted by Crippen LogP contribution is -3.26. The Kier molecular flexibility index (Phi) is 12.5. The van der Waals surface area contributed by atoms with Gasteiger partial charge in [0, 0.05) is 12.7 Å². The van der Waals surface area contributed by atoms with Gasteiger partial charge in [-0.1, -0.05) is 19.1 Å². The average Bonchev–Trinajstić information content (AvgIpc) is 2.56. The number of ether oxygens (including phenoxy) is 2. The Morgan fingerprint density at radius 2 is 1.79 bits per heavy atom. The molecule has 0 saturated carbocycles. The van der Waals surface area contributed by atoms with Gasteiger partial charge in [-0.15, -0.1) is 0 Å². The van der Waals surface area contributed by atoms with Crippen LogP contribution in [0.15, 0.2) is 24.3 Å². The summed E-state index contributed by atoms with van der Waals surface area (Å²) in [6, 6.07) is 8.25. The molecule has 2 rings (SSSR count). The van der Waals surface area contributed by atoms with Crippen molar-refractivity contribution < 1.29 is 49.2 Å². The maximum Gasteiger partial charge on any atom is 0.179 e. The zero-order valence-corrected chi connectivity index (χ0v) is 16.1. The molecule has 1 unspecified atom stereocenters. The number of quaternary nitrogens is 2. The molecule has 0 bridgehead atoms. The van der Waals surface area contributed by atoms with Crippen LogP contribution in [0, 0.1) is 0 Å². The van der Waals surface area contributed by atoms with E-state index >= 15 is 0 Å². The van der Waals surface area contributed by atoms with Crippen molar-refractivity contribution in [3.63, 3.8) is 0 Å². The summed E-state index contributed by atoms with van der Waals surface area (Å²) in [6.45, 7) is 8.33. The van der Waals surface area contributed by atoms with E-state index in [4.69, 9.17) is 9.47 Å². The standard InChI is InChI=1S/C17H28N2O3.2ClH/c1-3-12-22-14-15(20)13-18-8-10-19(11-9-18)16-6-4-5-7-17(16)21-2;;/h4-7,15,20H,3,8-14H2,1-2H3;2*1H. The molecule has 1 aliphatic heterocycles. The van der Waals surface area contributed by atoms with Crippen LogP contribution >= 0.6 is 0 Å². The van der Waals surface area contributed by atoms with Gasteiger partial charge < -0.3 is 44.3 Å². The number of methoxy groups -OCH3 is 1. The number of benzene rings is 1. The predicted octanol–water partition coefficient (Wildman–Crippen LogP) is -7.09. The van der Waals surface area contributed by atoms with E-state index in [1.807, 2.05) is 12.1 Å². The van der Waals surface area contributed by atoms with Crippen LogP contribution in [-0.4, -0.2) is 64.3 Å². The van der Waals surface area contributed by atoms with E-state index < -0.39 is 0 Å². The topological polar surface area (TPSA) is 47.6 Å². The first-order valence-electron chi connectivity index (χ1n) is 8.32. The summed E-state index contributed by atoms with van der Waals surface area (Å²) in [4.78, 5) is 2.93. The fraction of sp³-hybridized carbons (Fsp3) is 0.647. The maximum absolute atomic E-state index is 10.0. The van der Waals surface area contributed by atoms with Crippen molar-refractivity contribution in [2.75, 3.05) is 53.0 Å². The van der Waals surface area contributed by atoms with Gasteiger partial charge in [0.2, 0.25) is 0 Å². The Hall–Kier alpha value is -0.560. The van der Waals surface area contributed by atoms with Crippen molar-refractivity contribution in [1.82, 2.24) is 0 Å². The first kappa shape index (κ1) is 23.4. The third-order valence-electron chi connectivity index (χ3n) is 4.23. The lowest BCUT2D eigenvalue weighted by molar-refractivity contribution is -0.988. The average molecular weight is 381 g/mol. The second-order valence-electron chi connectivity index (χ2n) is 5.99. The molecule has 1 heterocycles. The monoisotopic (exact) mass is 380 g/mol. The maximum atomic E-state index is 10.0. The molecule has 1 fully saturated rings. The van der Waals surface area contributed by atoms with Gasteiger partial charge in [-0.2, -0.15) is 0 Å². The molecule has 0 amide bonds. The van der Waals surface area contributed by atoms with Crippen LogP contribution in [0.5, 0.6) is 5.75 Å². The molecule has 0 aromatic heterocycles. The summed E-state index contributed by atoms with van der Waals surface area (Å²) in [7, 11) is 1.73. The summed E-state index contributed by atoms with van der Waals surface area (Å²) in [5, 5.41) is 10.0. The molecular weight excluding hydrogens is 351 g/mol. The number of para-hydroxylation sites is 2. The van der Waals surface area contributed by atoms with Crippen molar-refractivity contribution in [2.45, 2.75) is 19.4 Å². The first-order chi connectivity index (χ1) is 10.7. The number of piperazine rings is 1. The quantitative estimate of drug-likeness (QED) is 0.393. The highest BCUT2D eigenvalue weighted by molar-refractivity contribution is 5.45. The minimum Gasteiger partial charge on any atom is -1.00 e. The molecule has 0 spiro atoms. The number of hydrogen-bond donors (Lipinski definition) is 3. The molecule has 1 aromatic carbocycles. The first-order valence-corrected chi connectivity index (χ1v) is 8.32. The van der Waals surface area contributed by atoms with Gasteiger partial charge in [-0.25, -0.2) is 0 Å². The third-order valence-corrected chi connectivity index (χ3v) is 4.23. The van der Waals surface area contributed by atoms with E-state index in [2.05, 4.69) is 19.1 Å². The molecule has 1 atom stereocenters. The molecule has 140 valence electrons. The van der Waals surface area contributed by atoms with Crippen molar-refractivity contribution >= 4 is 5.69 Å². The van der Waals surface area contributed by atoms with Gasteiger partial charge in [0.1, 0.15) is 38.8 Å². The van der Waals surface area contributed by atoms with Gasteiger partial charge in [-0.3, -0.25) is 4.90 Å². The highest BCUT2D eigenvalue weighted by Crippen LogP contribution is 2.18. The van der Waals surface area contributed by atoms with Crippen molar-refractivity contribution in [2.24, 2.45) is 0 Å². The van der Waals surface area contributed by atoms with Crippen LogP contribution in [-0.2, 0) is 4.74 Å². The van der Waals surface area contributed by atoms with Crippen LogP contribution in [0.25, 0.3) is 0 Å². The summed E-state index contributed by atoms with van der Waals surface area (Å²) in [6.07, 6.45) is 0.648. The summed E-state index contributed by atoms with van der Waals surface area (Å²) in [5.41, 5.74) is 1.25. The Morgan fingerprint density at radius 1 is 1.12 bits per heavy atom. The second kappa shape index (κ2) is 12.8.